The Labute approximate surface area is 105 Å². The van der Waals surface area contributed by atoms with Crippen LogP contribution in [0.4, 0.5) is 10.1 Å². The van der Waals surface area contributed by atoms with Gasteiger partial charge in [0, 0.05) is 18.2 Å². The lowest BCUT2D eigenvalue weighted by atomic mass is 9.79. The fourth-order valence-electron chi connectivity index (χ4n) is 2.41. The summed E-state index contributed by atoms with van der Waals surface area (Å²) < 4.78 is 13.1. The molecule has 18 heavy (non-hydrogen) atoms. The molecule has 0 radical (unpaired) electrons. The van der Waals surface area contributed by atoms with Crippen LogP contribution in [0.3, 0.4) is 0 Å². The zero-order valence-corrected chi connectivity index (χ0v) is 10.2. The highest BCUT2D eigenvalue weighted by Gasteiger charge is 2.45. The number of rotatable bonds is 3. The van der Waals surface area contributed by atoms with Crippen LogP contribution in [0.15, 0.2) is 24.3 Å². The van der Waals surface area contributed by atoms with Gasteiger partial charge in [-0.15, -0.1) is 0 Å². The quantitative estimate of drug-likeness (QED) is 0.766. The second kappa shape index (κ2) is 4.94. The van der Waals surface area contributed by atoms with E-state index in [0.717, 1.165) is 0 Å². The van der Waals surface area contributed by atoms with E-state index in [-0.39, 0.29) is 11.7 Å². The molecule has 0 spiro atoms. The number of hydrogen-bond donors (Lipinski definition) is 3. The largest absolute Gasteiger partial charge is 0.479 e. The van der Waals surface area contributed by atoms with Crippen LogP contribution in [0.25, 0.3) is 0 Å². The Bertz CT molecular complexity index is 452. The molecule has 98 valence electrons. The summed E-state index contributed by atoms with van der Waals surface area (Å²) in [5, 5.41) is 15.7. The van der Waals surface area contributed by atoms with E-state index in [1.165, 1.54) is 12.1 Å². The maximum Gasteiger partial charge on any atom is 0.329 e. The summed E-state index contributed by atoms with van der Waals surface area (Å²) >= 11 is 0. The second-order valence-corrected chi connectivity index (χ2v) is 4.77. The Morgan fingerprint density at radius 1 is 1.61 bits per heavy atom. The third kappa shape index (κ3) is 2.31. The highest BCUT2D eigenvalue weighted by atomic mass is 19.1. The fourth-order valence-corrected chi connectivity index (χ4v) is 2.41. The Morgan fingerprint density at radius 3 is 3.00 bits per heavy atom. The molecule has 0 amide bonds. The molecule has 3 N–H and O–H groups in total. The van der Waals surface area contributed by atoms with Crippen molar-refractivity contribution in [2.45, 2.75) is 18.9 Å². The summed E-state index contributed by atoms with van der Waals surface area (Å²) in [6.45, 7) is 3.15. The Hall–Kier alpha value is -1.62. The first-order chi connectivity index (χ1) is 8.54. The van der Waals surface area contributed by atoms with Crippen molar-refractivity contribution >= 4 is 11.7 Å². The van der Waals surface area contributed by atoms with Gasteiger partial charge < -0.3 is 15.7 Å². The number of hydrogen-bond acceptors (Lipinski definition) is 3. The van der Waals surface area contributed by atoms with Gasteiger partial charge in [0.05, 0.1) is 0 Å². The van der Waals surface area contributed by atoms with Crippen molar-refractivity contribution in [2.75, 3.05) is 18.4 Å². The normalized spacial score (nSPS) is 27.8. The lowest BCUT2D eigenvalue weighted by Crippen LogP contribution is -2.59. The van der Waals surface area contributed by atoms with Gasteiger partial charge in [0.15, 0.2) is 0 Å². The van der Waals surface area contributed by atoms with E-state index in [1.807, 2.05) is 6.92 Å². The van der Waals surface area contributed by atoms with Crippen molar-refractivity contribution in [3.8, 4) is 0 Å². The summed E-state index contributed by atoms with van der Waals surface area (Å²) in [6, 6.07) is 5.91. The highest BCUT2D eigenvalue weighted by Crippen LogP contribution is 2.29. The Morgan fingerprint density at radius 2 is 2.39 bits per heavy atom. The number of benzene rings is 1. The molecule has 0 saturated carbocycles. The lowest BCUT2D eigenvalue weighted by Gasteiger charge is -2.40. The molecule has 2 rings (SSSR count). The van der Waals surface area contributed by atoms with Crippen molar-refractivity contribution in [2.24, 2.45) is 5.92 Å². The second-order valence-electron chi connectivity index (χ2n) is 4.77. The first kappa shape index (κ1) is 12.8. The number of halogens is 1. The van der Waals surface area contributed by atoms with Crippen LogP contribution in [0.1, 0.15) is 13.3 Å². The first-order valence-corrected chi connectivity index (χ1v) is 6.02. The van der Waals surface area contributed by atoms with Crippen molar-refractivity contribution in [1.29, 1.82) is 0 Å². The third-order valence-corrected chi connectivity index (χ3v) is 3.56. The molecule has 1 saturated heterocycles. The fraction of sp³-hybridized carbons (Fsp3) is 0.462. The molecular formula is C13H17FN2O2. The van der Waals surface area contributed by atoms with Gasteiger partial charge in [-0.25, -0.2) is 9.18 Å². The molecule has 0 aliphatic carbocycles. The van der Waals surface area contributed by atoms with E-state index in [0.29, 0.717) is 25.2 Å². The average Bonchev–Trinajstić information content (AvgIpc) is 2.32. The van der Waals surface area contributed by atoms with E-state index in [4.69, 9.17) is 0 Å². The topological polar surface area (TPSA) is 61.4 Å². The Balaban J connectivity index is 2.28. The van der Waals surface area contributed by atoms with E-state index in [1.54, 1.807) is 12.1 Å². The van der Waals surface area contributed by atoms with Crippen molar-refractivity contribution in [1.82, 2.24) is 5.32 Å². The molecule has 2 atom stereocenters. The van der Waals surface area contributed by atoms with Crippen LogP contribution in [-0.2, 0) is 4.79 Å². The minimum atomic E-state index is -1.03. The van der Waals surface area contributed by atoms with Gasteiger partial charge in [0.2, 0.25) is 0 Å². The summed E-state index contributed by atoms with van der Waals surface area (Å²) in [5.41, 5.74) is -0.523. The maximum absolute atomic E-state index is 13.1. The lowest BCUT2D eigenvalue weighted by molar-refractivity contribution is -0.145. The minimum Gasteiger partial charge on any atom is -0.479 e. The van der Waals surface area contributed by atoms with Crippen LogP contribution >= 0.6 is 0 Å². The van der Waals surface area contributed by atoms with Gasteiger partial charge in [-0.2, -0.15) is 0 Å². The molecule has 1 heterocycles. The van der Waals surface area contributed by atoms with Crippen LogP contribution < -0.4 is 10.6 Å². The monoisotopic (exact) mass is 252 g/mol. The predicted molar refractivity (Wildman–Crippen MR) is 67.0 cm³/mol. The van der Waals surface area contributed by atoms with E-state index in [9.17, 15) is 14.3 Å². The zero-order chi connectivity index (χ0) is 13.2. The van der Waals surface area contributed by atoms with Gasteiger partial charge in [0.1, 0.15) is 11.4 Å². The molecule has 1 aliphatic heterocycles. The van der Waals surface area contributed by atoms with Crippen molar-refractivity contribution in [3.05, 3.63) is 30.1 Å². The van der Waals surface area contributed by atoms with Crippen LogP contribution in [0.5, 0.6) is 0 Å². The van der Waals surface area contributed by atoms with E-state index >= 15 is 0 Å². The number of piperidine rings is 1. The number of carboxylic acid groups (broad SMARTS) is 1. The molecule has 1 aromatic carbocycles. The predicted octanol–water partition coefficient (Wildman–Crippen LogP) is 1.69. The van der Waals surface area contributed by atoms with E-state index < -0.39 is 11.5 Å². The van der Waals surface area contributed by atoms with Crippen LogP contribution in [0.2, 0.25) is 0 Å². The van der Waals surface area contributed by atoms with E-state index in [2.05, 4.69) is 10.6 Å². The van der Waals surface area contributed by atoms with Crippen LogP contribution in [0, 0.1) is 11.7 Å². The van der Waals surface area contributed by atoms with Gasteiger partial charge in [0.25, 0.3) is 0 Å². The summed E-state index contributed by atoms with van der Waals surface area (Å²) in [6.07, 6.45) is 0.472. The molecule has 0 bridgehead atoms. The highest BCUT2D eigenvalue weighted by molar-refractivity contribution is 5.83. The Kier molecular flexibility index (Phi) is 3.52. The van der Waals surface area contributed by atoms with Crippen LogP contribution in [-0.4, -0.2) is 29.7 Å². The van der Waals surface area contributed by atoms with Crippen molar-refractivity contribution < 1.29 is 14.3 Å². The average molecular weight is 252 g/mol. The molecule has 1 fully saturated rings. The zero-order valence-electron chi connectivity index (χ0n) is 10.2. The van der Waals surface area contributed by atoms with Gasteiger partial charge in [-0.1, -0.05) is 13.0 Å². The number of carbonyl (C=O) groups is 1. The van der Waals surface area contributed by atoms with Gasteiger partial charge in [-0.05, 0) is 31.2 Å². The number of aliphatic carboxylic acids is 1. The SMILES string of the molecule is CC1CNCCC1(Nc1cccc(F)c1)C(=O)O. The first-order valence-electron chi connectivity index (χ1n) is 6.02. The molecule has 0 aromatic heterocycles. The van der Waals surface area contributed by atoms with Gasteiger partial charge in [-0.3, -0.25) is 0 Å². The minimum absolute atomic E-state index is 0.0768. The maximum atomic E-state index is 13.1. The van der Waals surface area contributed by atoms with Crippen molar-refractivity contribution in [3.63, 3.8) is 0 Å². The third-order valence-electron chi connectivity index (χ3n) is 3.56. The standard InChI is InChI=1S/C13H17FN2O2/c1-9-8-15-6-5-13(9,12(17)18)16-11-4-2-3-10(14)7-11/h2-4,7,9,15-16H,5-6,8H2,1H3,(H,17,18). The molecule has 1 aromatic rings. The summed E-state index contributed by atoms with van der Waals surface area (Å²) in [4.78, 5) is 11.6. The molecular weight excluding hydrogens is 235 g/mol. The van der Waals surface area contributed by atoms with Gasteiger partial charge >= 0.3 is 5.97 Å². The molecule has 4 nitrogen and oxygen atoms in total. The number of anilines is 1. The smallest absolute Gasteiger partial charge is 0.329 e. The molecule has 2 unspecified atom stereocenters. The molecule has 5 heteroatoms. The summed E-state index contributed by atoms with van der Waals surface area (Å²) in [7, 11) is 0. The number of carboxylic acids is 1. The number of nitrogens with one attached hydrogen (secondary N) is 2. The summed E-state index contributed by atoms with van der Waals surface area (Å²) in [5.74, 6) is -1.34. The molecule has 1 aliphatic rings.